The lowest BCUT2D eigenvalue weighted by atomic mass is 10.1. The van der Waals surface area contributed by atoms with Gasteiger partial charge in [-0.25, -0.2) is 0 Å². The fourth-order valence-electron chi connectivity index (χ4n) is 3.80. The Morgan fingerprint density at radius 1 is 0.577 bits per heavy atom. The first-order valence-electron chi connectivity index (χ1n) is 10.5. The minimum atomic E-state index is -1.67. The highest BCUT2D eigenvalue weighted by Gasteiger charge is 2.44. The van der Waals surface area contributed by atoms with Crippen molar-refractivity contribution in [1.29, 1.82) is 0 Å². The molecule has 2 aromatic rings. The van der Waals surface area contributed by atoms with Crippen LogP contribution in [-0.4, -0.2) is 15.2 Å². The smallest absolute Gasteiger partial charge is 0.0709 e. The van der Waals surface area contributed by atoms with Gasteiger partial charge in [0.2, 0.25) is 0 Å². The number of hydrogen-bond donors (Lipinski definition) is 0. The summed E-state index contributed by atoms with van der Waals surface area (Å²) >= 11 is 0. The lowest BCUT2D eigenvalue weighted by Gasteiger charge is -2.40. The normalized spacial score (nSPS) is 12.4. The molecular formula is C24H38Si2. The van der Waals surface area contributed by atoms with E-state index in [4.69, 9.17) is 0 Å². The van der Waals surface area contributed by atoms with E-state index in [1.165, 1.54) is 49.7 Å². The molecule has 0 saturated carbocycles. The SMILES string of the molecule is CCCCc1ccc([Si](C)(c2ccc(CCCC)cc2)[Si](C)(C)C)cc1. The van der Waals surface area contributed by atoms with Crippen molar-refractivity contribution < 1.29 is 0 Å². The zero-order valence-electron chi connectivity index (χ0n) is 17.9. The first kappa shape index (κ1) is 21.2. The Hall–Kier alpha value is -1.13. The molecular weight excluding hydrogens is 344 g/mol. The van der Waals surface area contributed by atoms with Crippen LogP contribution in [0.4, 0.5) is 0 Å². The summed E-state index contributed by atoms with van der Waals surface area (Å²) < 4.78 is 0. The average molecular weight is 383 g/mol. The van der Waals surface area contributed by atoms with Crippen LogP contribution >= 0.6 is 0 Å². The largest absolute Gasteiger partial charge is 0.107 e. The number of unbranched alkanes of at least 4 members (excludes halogenated alkanes) is 2. The third-order valence-electron chi connectivity index (χ3n) is 6.20. The van der Waals surface area contributed by atoms with Gasteiger partial charge in [0.25, 0.3) is 0 Å². The number of benzene rings is 2. The summed E-state index contributed by atoms with van der Waals surface area (Å²) in [6, 6.07) is 19.4. The molecule has 0 aliphatic carbocycles. The Balaban J connectivity index is 2.36. The van der Waals surface area contributed by atoms with Crippen LogP contribution in [0.25, 0.3) is 0 Å². The molecule has 2 rings (SSSR count). The molecule has 0 fully saturated rings. The minimum absolute atomic E-state index is 1.22. The molecule has 142 valence electrons. The molecule has 0 aliphatic heterocycles. The van der Waals surface area contributed by atoms with Crippen LogP contribution in [0.15, 0.2) is 48.5 Å². The van der Waals surface area contributed by atoms with Gasteiger partial charge in [-0.1, -0.05) is 112 Å². The fourth-order valence-corrected chi connectivity index (χ4v) is 13.7. The Labute approximate surface area is 163 Å². The van der Waals surface area contributed by atoms with Crippen LogP contribution in [0.2, 0.25) is 26.2 Å². The summed E-state index contributed by atoms with van der Waals surface area (Å²) in [5.74, 6) is 0. The standard InChI is InChI=1S/C24H38Si2/c1-7-9-11-21-13-17-23(18-14-21)26(6,25(3,4)5)24-19-15-22(16-20-24)12-10-8-2/h13-20H,7-12H2,1-6H3. The second kappa shape index (κ2) is 9.19. The van der Waals surface area contributed by atoms with Crippen molar-refractivity contribution in [2.24, 2.45) is 0 Å². The first-order valence-corrected chi connectivity index (χ1v) is 17.5. The number of aryl methyl sites for hydroxylation is 2. The van der Waals surface area contributed by atoms with Crippen molar-refractivity contribution in [3.05, 3.63) is 59.7 Å². The van der Waals surface area contributed by atoms with Gasteiger partial charge >= 0.3 is 0 Å². The van der Waals surface area contributed by atoms with Gasteiger partial charge in [0, 0.05) is 7.59 Å². The predicted octanol–water partition coefficient (Wildman–Crippen LogP) is 5.98. The van der Waals surface area contributed by atoms with E-state index in [1.54, 1.807) is 10.4 Å². The molecule has 0 N–H and O–H groups in total. The molecule has 2 heteroatoms. The van der Waals surface area contributed by atoms with Gasteiger partial charge in [0.05, 0.1) is 0 Å². The second-order valence-corrected chi connectivity index (χ2v) is 24.4. The Morgan fingerprint density at radius 2 is 0.923 bits per heavy atom. The van der Waals surface area contributed by atoms with Gasteiger partial charge in [0.1, 0.15) is 7.59 Å². The topological polar surface area (TPSA) is 0 Å². The molecule has 26 heavy (non-hydrogen) atoms. The van der Waals surface area contributed by atoms with Gasteiger partial charge in [-0.3, -0.25) is 0 Å². The minimum Gasteiger partial charge on any atom is -0.0709 e. The van der Waals surface area contributed by atoms with E-state index >= 15 is 0 Å². The molecule has 0 spiro atoms. The van der Waals surface area contributed by atoms with Crippen molar-refractivity contribution in [2.45, 2.75) is 78.6 Å². The van der Waals surface area contributed by atoms with Crippen LogP contribution < -0.4 is 10.4 Å². The van der Waals surface area contributed by atoms with Crippen molar-refractivity contribution in [3.63, 3.8) is 0 Å². The summed E-state index contributed by atoms with van der Waals surface area (Å²) in [5, 5.41) is 3.25. The van der Waals surface area contributed by atoms with Gasteiger partial charge < -0.3 is 0 Å². The molecule has 0 radical (unpaired) electrons. The molecule has 0 heterocycles. The van der Waals surface area contributed by atoms with E-state index < -0.39 is 15.2 Å². The zero-order chi connectivity index (χ0) is 19.2. The van der Waals surface area contributed by atoms with Crippen molar-refractivity contribution in [3.8, 4) is 0 Å². The second-order valence-electron chi connectivity index (χ2n) is 8.98. The van der Waals surface area contributed by atoms with Crippen molar-refractivity contribution >= 4 is 25.6 Å². The third kappa shape index (κ3) is 4.78. The van der Waals surface area contributed by atoms with Gasteiger partial charge in [-0.2, -0.15) is 0 Å². The van der Waals surface area contributed by atoms with Gasteiger partial charge in [0.15, 0.2) is 0 Å². The maximum atomic E-state index is 2.61. The summed E-state index contributed by atoms with van der Waals surface area (Å²) in [4.78, 5) is 0. The van der Waals surface area contributed by atoms with E-state index in [9.17, 15) is 0 Å². The first-order chi connectivity index (χ1) is 12.3. The van der Waals surface area contributed by atoms with Crippen molar-refractivity contribution in [1.82, 2.24) is 0 Å². The fraction of sp³-hybridized carbons (Fsp3) is 0.500. The van der Waals surface area contributed by atoms with Crippen LogP contribution in [0.3, 0.4) is 0 Å². The highest BCUT2D eigenvalue weighted by Crippen LogP contribution is 2.20. The average Bonchev–Trinajstić information content (AvgIpc) is 2.64. The lowest BCUT2D eigenvalue weighted by Crippen LogP contribution is -2.71. The van der Waals surface area contributed by atoms with Crippen LogP contribution in [0.1, 0.15) is 50.7 Å². The predicted molar refractivity (Wildman–Crippen MR) is 124 cm³/mol. The Bertz CT molecular complexity index is 611. The summed E-state index contributed by atoms with van der Waals surface area (Å²) in [5.41, 5.74) is 3.00. The Morgan fingerprint density at radius 3 is 1.19 bits per heavy atom. The maximum Gasteiger partial charge on any atom is 0.107 e. The van der Waals surface area contributed by atoms with Gasteiger partial charge in [-0.15, -0.1) is 0 Å². The van der Waals surface area contributed by atoms with Gasteiger partial charge in [-0.05, 0) is 36.8 Å². The van der Waals surface area contributed by atoms with Crippen LogP contribution in [-0.2, 0) is 12.8 Å². The molecule has 0 amide bonds. The monoisotopic (exact) mass is 382 g/mol. The molecule has 0 nitrogen and oxygen atoms in total. The molecule has 0 bridgehead atoms. The van der Waals surface area contributed by atoms with E-state index in [-0.39, 0.29) is 0 Å². The summed E-state index contributed by atoms with van der Waals surface area (Å²) in [6.07, 6.45) is 7.56. The van der Waals surface area contributed by atoms with E-state index in [0.717, 1.165) is 0 Å². The maximum absolute atomic E-state index is 2.61. The highest BCUT2D eigenvalue weighted by atomic mass is 29.3. The molecule has 0 atom stereocenters. The van der Waals surface area contributed by atoms with E-state index in [0.29, 0.717) is 0 Å². The van der Waals surface area contributed by atoms with Crippen LogP contribution in [0, 0.1) is 0 Å². The molecule has 0 aliphatic rings. The van der Waals surface area contributed by atoms with E-state index in [2.05, 4.69) is 88.6 Å². The molecule has 0 aromatic heterocycles. The summed E-state index contributed by atoms with van der Waals surface area (Å²) in [7, 11) is -3.01. The quantitative estimate of drug-likeness (QED) is 0.468. The molecule has 0 saturated heterocycles. The molecule has 2 aromatic carbocycles. The van der Waals surface area contributed by atoms with Crippen LogP contribution in [0.5, 0.6) is 0 Å². The summed E-state index contributed by atoms with van der Waals surface area (Å²) in [6.45, 7) is 14.8. The van der Waals surface area contributed by atoms with E-state index in [1.807, 2.05) is 0 Å². The Kier molecular flexibility index (Phi) is 7.48. The lowest BCUT2D eigenvalue weighted by molar-refractivity contribution is 0.795. The number of rotatable bonds is 9. The third-order valence-corrected chi connectivity index (χ3v) is 22.9. The highest BCUT2D eigenvalue weighted by molar-refractivity contribution is 7.50. The van der Waals surface area contributed by atoms with Crippen molar-refractivity contribution in [2.75, 3.05) is 0 Å². The number of hydrogen-bond acceptors (Lipinski definition) is 0. The zero-order valence-corrected chi connectivity index (χ0v) is 19.9. The molecule has 0 unspecified atom stereocenters.